The summed E-state index contributed by atoms with van der Waals surface area (Å²) in [4.78, 5) is 10.2. The van der Waals surface area contributed by atoms with Crippen LogP contribution in [0.25, 0.3) is 0 Å². The van der Waals surface area contributed by atoms with Crippen LogP contribution in [0.5, 0.6) is 0 Å². The first-order chi connectivity index (χ1) is 6.31. The molecule has 0 aromatic heterocycles. The van der Waals surface area contributed by atoms with E-state index in [-0.39, 0.29) is 0 Å². The molecule has 0 aliphatic carbocycles. The molecule has 1 aromatic rings. The third-order valence-corrected chi connectivity index (χ3v) is 1.99. The lowest BCUT2D eigenvalue weighted by Gasteiger charge is -2.08. The van der Waals surface area contributed by atoms with Gasteiger partial charge >= 0.3 is 0 Å². The number of carbonyl (C=O) groups excluding carboxylic acids is 1. The van der Waals surface area contributed by atoms with Crippen molar-refractivity contribution in [3.05, 3.63) is 23.8 Å². The number of aryl methyl sites for hydroxylation is 1. The molecule has 0 spiro atoms. The van der Waals surface area contributed by atoms with E-state index in [9.17, 15) is 4.79 Å². The SMILES string of the molecule is CCc1ccc(NC=O)cc1NC. The van der Waals surface area contributed by atoms with Crippen LogP contribution in [-0.4, -0.2) is 13.5 Å². The Balaban J connectivity index is 2.98. The van der Waals surface area contributed by atoms with E-state index in [0.717, 1.165) is 17.8 Å². The number of hydrogen-bond donors (Lipinski definition) is 2. The van der Waals surface area contributed by atoms with E-state index in [1.165, 1.54) is 5.56 Å². The molecule has 0 aliphatic rings. The van der Waals surface area contributed by atoms with Gasteiger partial charge in [-0.25, -0.2) is 0 Å². The van der Waals surface area contributed by atoms with E-state index in [1.54, 1.807) is 0 Å². The lowest BCUT2D eigenvalue weighted by atomic mass is 10.1. The average Bonchev–Trinajstić information content (AvgIpc) is 2.18. The minimum absolute atomic E-state index is 0.681. The molecule has 1 aromatic carbocycles. The van der Waals surface area contributed by atoms with E-state index in [0.29, 0.717) is 6.41 Å². The topological polar surface area (TPSA) is 41.1 Å². The van der Waals surface area contributed by atoms with Crippen LogP contribution in [0, 0.1) is 0 Å². The molecule has 2 N–H and O–H groups in total. The number of anilines is 2. The van der Waals surface area contributed by atoms with Crippen molar-refractivity contribution in [3.8, 4) is 0 Å². The lowest BCUT2D eigenvalue weighted by Crippen LogP contribution is -1.98. The Morgan fingerprint density at radius 3 is 2.77 bits per heavy atom. The second-order valence-corrected chi connectivity index (χ2v) is 2.74. The van der Waals surface area contributed by atoms with Crippen molar-refractivity contribution < 1.29 is 4.79 Å². The molecule has 0 unspecified atom stereocenters. The summed E-state index contributed by atoms with van der Waals surface area (Å²) in [6.45, 7) is 2.10. The standard InChI is InChI=1S/C10H14N2O/c1-3-8-4-5-9(12-7-13)6-10(8)11-2/h4-7,11H,3H2,1-2H3,(H,12,13). The smallest absolute Gasteiger partial charge is 0.211 e. The van der Waals surface area contributed by atoms with Gasteiger partial charge in [0.25, 0.3) is 0 Å². The number of amides is 1. The third-order valence-electron chi connectivity index (χ3n) is 1.99. The van der Waals surface area contributed by atoms with E-state index >= 15 is 0 Å². The zero-order valence-corrected chi connectivity index (χ0v) is 7.92. The summed E-state index contributed by atoms with van der Waals surface area (Å²) in [5.74, 6) is 0. The second kappa shape index (κ2) is 4.50. The highest BCUT2D eigenvalue weighted by atomic mass is 16.1. The minimum Gasteiger partial charge on any atom is -0.388 e. The zero-order chi connectivity index (χ0) is 9.68. The molecular weight excluding hydrogens is 164 g/mol. The van der Waals surface area contributed by atoms with Crippen molar-refractivity contribution in [2.75, 3.05) is 17.7 Å². The van der Waals surface area contributed by atoms with Crippen molar-refractivity contribution in [1.29, 1.82) is 0 Å². The summed E-state index contributed by atoms with van der Waals surface area (Å²) < 4.78 is 0. The molecule has 3 heteroatoms. The van der Waals surface area contributed by atoms with Gasteiger partial charge < -0.3 is 10.6 Å². The Morgan fingerprint density at radius 2 is 2.23 bits per heavy atom. The number of hydrogen-bond acceptors (Lipinski definition) is 2. The summed E-state index contributed by atoms with van der Waals surface area (Å²) in [5, 5.41) is 5.70. The summed E-state index contributed by atoms with van der Waals surface area (Å²) in [6, 6.07) is 5.83. The van der Waals surface area contributed by atoms with E-state index in [1.807, 2.05) is 25.2 Å². The highest BCUT2D eigenvalue weighted by molar-refractivity contribution is 5.74. The van der Waals surface area contributed by atoms with Gasteiger partial charge in [-0.05, 0) is 24.1 Å². The highest BCUT2D eigenvalue weighted by Crippen LogP contribution is 2.20. The maximum atomic E-state index is 10.2. The molecule has 1 amide bonds. The largest absolute Gasteiger partial charge is 0.388 e. The number of nitrogens with one attached hydrogen (secondary N) is 2. The quantitative estimate of drug-likeness (QED) is 0.691. The van der Waals surface area contributed by atoms with Gasteiger partial charge in [0, 0.05) is 18.4 Å². The first-order valence-corrected chi connectivity index (χ1v) is 4.32. The normalized spacial score (nSPS) is 9.38. The molecule has 3 nitrogen and oxygen atoms in total. The first kappa shape index (κ1) is 9.58. The Kier molecular flexibility index (Phi) is 3.31. The maximum Gasteiger partial charge on any atom is 0.211 e. The van der Waals surface area contributed by atoms with Crippen LogP contribution in [-0.2, 0) is 11.2 Å². The molecule has 0 fully saturated rings. The molecular formula is C10H14N2O. The lowest BCUT2D eigenvalue weighted by molar-refractivity contribution is -0.105. The van der Waals surface area contributed by atoms with E-state index < -0.39 is 0 Å². The molecule has 0 heterocycles. The number of rotatable bonds is 4. The van der Waals surface area contributed by atoms with Gasteiger partial charge in [0.15, 0.2) is 0 Å². The van der Waals surface area contributed by atoms with Gasteiger partial charge in [-0.2, -0.15) is 0 Å². The summed E-state index contributed by atoms with van der Waals surface area (Å²) in [6.07, 6.45) is 1.66. The second-order valence-electron chi connectivity index (χ2n) is 2.74. The van der Waals surface area contributed by atoms with Crippen molar-refractivity contribution in [1.82, 2.24) is 0 Å². The maximum absolute atomic E-state index is 10.2. The van der Waals surface area contributed by atoms with Gasteiger partial charge in [0.05, 0.1) is 0 Å². The molecule has 0 atom stereocenters. The zero-order valence-electron chi connectivity index (χ0n) is 7.92. The van der Waals surface area contributed by atoms with Crippen LogP contribution < -0.4 is 10.6 Å². The van der Waals surface area contributed by atoms with Crippen molar-refractivity contribution in [2.24, 2.45) is 0 Å². The Labute approximate surface area is 78.2 Å². The van der Waals surface area contributed by atoms with Crippen molar-refractivity contribution >= 4 is 17.8 Å². The Bertz CT molecular complexity index is 297. The van der Waals surface area contributed by atoms with Crippen molar-refractivity contribution in [2.45, 2.75) is 13.3 Å². The number of carbonyl (C=O) groups is 1. The summed E-state index contributed by atoms with van der Waals surface area (Å²) >= 11 is 0. The van der Waals surface area contributed by atoms with Crippen molar-refractivity contribution in [3.63, 3.8) is 0 Å². The minimum atomic E-state index is 0.681. The van der Waals surface area contributed by atoms with Gasteiger partial charge in [-0.3, -0.25) is 4.79 Å². The first-order valence-electron chi connectivity index (χ1n) is 4.32. The fraction of sp³-hybridized carbons (Fsp3) is 0.300. The van der Waals surface area contributed by atoms with Gasteiger partial charge in [-0.15, -0.1) is 0 Å². The van der Waals surface area contributed by atoms with Crippen LogP contribution in [0.2, 0.25) is 0 Å². The Morgan fingerprint density at radius 1 is 1.46 bits per heavy atom. The predicted molar refractivity (Wildman–Crippen MR) is 55.1 cm³/mol. The fourth-order valence-corrected chi connectivity index (χ4v) is 1.28. The molecule has 1 rings (SSSR count). The van der Waals surface area contributed by atoms with Crippen LogP contribution in [0.3, 0.4) is 0 Å². The fourth-order valence-electron chi connectivity index (χ4n) is 1.28. The van der Waals surface area contributed by atoms with E-state index in [4.69, 9.17) is 0 Å². The molecule has 0 aliphatic heterocycles. The molecule has 0 saturated carbocycles. The molecule has 0 saturated heterocycles. The monoisotopic (exact) mass is 178 g/mol. The molecule has 13 heavy (non-hydrogen) atoms. The van der Waals surface area contributed by atoms with E-state index in [2.05, 4.69) is 17.6 Å². The van der Waals surface area contributed by atoms with Crippen LogP contribution in [0.4, 0.5) is 11.4 Å². The average molecular weight is 178 g/mol. The Hall–Kier alpha value is -1.51. The van der Waals surface area contributed by atoms with Crippen LogP contribution >= 0.6 is 0 Å². The molecule has 0 radical (unpaired) electrons. The molecule has 0 bridgehead atoms. The van der Waals surface area contributed by atoms with Gasteiger partial charge in [-0.1, -0.05) is 13.0 Å². The van der Waals surface area contributed by atoms with Gasteiger partial charge in [0.1, 0.15) is 0 Å². The van der Waals surface area contributed by atoms with Crippen LogP contribution in [0.1, 0.15) is 12.5 Å². The molecule has 70 valence electrons. The predicted octanol–water partition coefficient (Wildman–Crippen LogP) is 1.86. The van der Waals surface area contributed by atoms with Crippen LogP contribution in [0.15, 0.2) is 18.2 Å². The highest BCUT2D eigenvalue weighted by Gasteiger charge is 1.99. The summed E-state index contributed by atoms with van der Waals surface area (Å²) in [5.41, 5.74) is 3.13. The van der Waals surface area contributed by atoms with Gasteiger partial charge in [0.2, 0.25) is 6.41 Å². The summed E-state index contributed by atoms with van der Waals surface area (Å²) in [7, 11) is 1.87. The number of benzene rings is 1. The third kappa shape index (κ3) is 2.21.